The van der Waals surface area contributed by atoms with E-state index >= 15 is 0 Å². The van der Waals surface area contributed by atoms with Crippen molar-refractivity contribution in [3.63, 3.8) is 0 Å². The largest absolute Gasteiger partial charge is 0.759 e. The van der Waals surface area contributed by atoms with E-state index in [0.29, 0.717) is 0 Å². The molecule has 0 amide bonds. The molecule has 278 valence electrons. The Hall–Kier alpha value is -4.32. The molecule has 53 heavy (non-hydrogen) atoms. The molecule has 6 rings (SSSR count). The Morgan fingerprint density at radius 1 is 0.358 bits per heavy atom. The van der Waals surface area contributed by atoms with Gasteiger partial charge in [-0.05, 0) is 114 Å². The molecule has 0 aliphatic rings. The Morgan fingerprint density at radius 3 is 0.547 bits per heavy atom. The highest BCUT2D eigenvalue weighted by atomic mass is 32.3. The van der Waals surface area contributed by atoms with Crippen molar-refractivity contribution >= 4 is 32.2 Å². The Morgan fingerprint density at radius 2 is 0.453 bits per heavy atom. The van der Waals surface area contributed by atoms with Crippen LogP contribution in [0.4, 0.5) is 13.2 Å². The Kier molecular flexibility index (Phi) is 16.9. The first kappa shape index (κ1) is 43.1. The molecule has 0 heterocycles. The van der Waals surface area contributed by atoms with Crippen molar-refractivity contribution < 1.29 is 30.7 Å². The smallest absolute Gasteiger partial charge is 0.379 e. The van der Waals surface area contributed by atoms with Gasteiger partial charge in [-0.15, -0.1) is 0 Å². The fraction of sp³-hybridized carbons (Fsp3) is 0.163. The van der Waals surface area contributed by atoms with Gasteiger partial charge < -0.3 is 9.11 Å². The monoisotopic (exact) mass is 776 g/mol. The van der Waals surface area contributed by atoms with Crippen LogP contribution in [0.25, 0.3) is 0 Å². The van der Waals surface area contributed by atoms with Crippen LogP contribution >= 0.6 is 0 Å². The number of aryl methyl sites for hydroxylation is 6. The summed E-state index contributed by atoms with van der Waals surface area (Å²) >= 11 is 0. The van der Waals surface area contributed by atoms with Gasteiger partial charge in [0.15, 0.2) is 29.4 Å². The summed E-state index contributed by atoms with van der Waals surface area (Å²) in [6.45, 7) is 9.16. The molecule has 0 aliphatic heterocycles. The van der Waals surface area contributed by atoms with Crippen molar-refractivity contribution in [1.82, 2.24) is 0 Å². The van der Waals surface area contributed by atoms with Crippen LogP contribution in [0.2, 0.25) is 0 Å². The Bertz CT molecular complexity index is 1710. The van der Waals surface area contributed by atoms with E-state index in [-0.39, 0.29) is 21.8 Å². The van der Waals surface area contributed by atoms with E-state index in [1.807, 2.05) is 0 Å². The summed E-state index contributed by atoms with van der Waals surface area (Å²) in [5.41, 5.74) is 7.83. The van der Waals surface area contributed by atoms with Gasteiger partial charge in [0.05, 0.1) is 21.8 Å². The van der Waals surface area contributed by atoms with Gasteiger partial charge in [-0.1, -0.05) is 106 Å². The van der Waals surface area contributed by atoms with E-state index in [1.165, 1.54) is 62.8 Å². The minimum atomic E-state index is -5.17. The van der Waals surface area contributed by atoms with Crippen molar-refractivity contribution in [1.29, 1.82) is 0 Å². The van der Waals surface area contributed by atoms with E-state index in [2.05, 4.69) is 187 Å². The second kappa shape index (κ2) is 20.8. The first-order chi connectivity index (χ1) is 25.0. The van der Waals surface area contributed by atoms with E-state index in [0.717, 1.165) is 0 Å². The highest BCUT2D eigenvalue weighted by Gasteiger charge is 2.29. The lowest BCUT2D eigenvalue weighted by Gasteiger charge is -2.09. The number of halogens is 3. The molecule has 0 spiro atoms. The average Bonchev–Trinajstić information content (AvgIpc) is 3.09. The van der Waals surface area contributed by atoms with Crippen LogP contribution in [0.15, 0.2) is 175 Å². The molecule has 4 nitrogen and oxygen atoms in total. The average molecular weight is 777 g/mol. The van der Waals surface area contributed by atoms with Gasteiger partial charge in [0, 0.05) is 10.4 Å². The zero-order valence-corrected chi connectivity index (χ0v) is 32.9. The molecule has 6 aromatic carbocycles. The van der Waals surface area contributed by atoms with Gasteiger partial charge in [0.2, 0.25) is 0 Å². The Balaban J connectivity index is 0.000000233. The summed E-state index contributed by atoms with van der Waals surface area (Å²) < 4.78 is 63.1. The third-order valence-corrected chi connectivity index (χ3v) is 12.0. The van der Waals surface area contributed by atoms with Gasteiger partial charge >= 0.3 is 6.68 Å². The van der Waals surface area contributed by atoms with Gasteiger partial charge in [0.1, 0.15) is 0 Å². The second-order valence-corrected chi connectivity index (χ2v) is 17.0. The molecule has 0 radical (unpaired) electrons. The molecule has 10 heteroatoms. The molecule has 0 N–H and O–H groups in total. The number of benzene rings is 6. The Labute approximate surface area is 318 Å². The van der Waals surface area contributed by atoms with Crippen LogP contribution in [0.5, 0.6) is 0 Å². The molecular formula is C43H43F3O4S3. The van der Waals surface area contributed by atoms with Crippen LogP contribution < -0.4 is 0 Å². The van der Waals surface area contributed by atoms with Crippen LogP contribution in [0.3, 0.4) is 0 Å². The SMILES string of the molecule is Cc1ccc([S+](c2ccc(C)cc2)c2ccc(C)cc2)cc1.Cc1ccc([S+](c2ccc(C)cc2)c2ccc(C)cc2)cc1.FC(F)F.O=S(=O)([O-])[O-]. The quantitative estimate of drug-likeness (QED) is 0.0958. The fourth-order valence-electron chi connectivity index (χ4n) is 4.86. The third-order valence-electron chi connectivity index (χ3n) is 7.54. The highest BCUT2D eigenvalue weighted by Crippen LogP contribution is 2.33. The molecule has 0 aliphatic carbocycles. The molecule has 6 aromatic rings. The number of rotatable bonds is 6. The minimum absolute atomic E-state index is 0.0394. The van der Waals surface area contributed by atoms with Crippen LogP contribution in [0.1, 0.15) is 33.4 Å². The molecule has 0 atom stereocenters. The summed E-state index contributed by atoms with van der Waals surface area (Å²) in [6, 6.07) is 53.6. The summed E-state index contributed by atoms with van der Waals surface area (Å²) in [5.74, 6) is 0. The first-order valence-electron chi connectivity index (χ1n) is 16.5. The zero-order valence-electron chi connectivity index (χ0n) is 30.4. The summed E-state index contributed by atoms with van der Waals surface area (Å²) in [7, 11) is -5.25. The van der Waals surface area contributed by atoms with E-state index in [4.69, 9.17) is 17.5 Å². The molecule has 0 saturated heterocycles. The lowest BCUT2D eigenvalue weighted by Crippen LogP contribution is -2.04. The molecule has 0 fully saturated rings. The number of hydrogen-bond donors (Lipinski definition) is 0. The number of alkyl halides is 3. The van der Waals surface area contributed by atoms with Gasteiger partial charge in [-0.3, -0.25) is 8.42 Å². The minimum Gasteiger partial charge on any atom is -0.759 e. The van der Waals surface area contributed by atoms with Crippen molar-refractivity contribution in [3.8, 4) is 0 Å². The zero-order chi connectivity index (χ0) is 39.1. The van der Waals surface area contributed by atoms with Crippen molar-refractivity contribution in [2.24, 2.45) is 0 Å². The van der Waals surface area contributed by atoms with Crippen molar-refractivity contribution in [2.75, 3.05) is 0 Å². The summed E-state index contributed by atoms with van der Waals surface area (Å²) in [4.78, 5) is 8.24. The number of hydrogen-bond acceptors (Lipinski definition) is 4. The maximum atomic E-state index is 9.67. The summed E-state index contributed by atoms with van der Waals surface area (Å²) in [5, 5.41) is 0. The van der Waals surface area contributed by atoms with Crippen LogP contribution in [-0.2, 0) is 32.2 Å². The normalized spacial score (nSPS) is 10.8. The lowest BCUT2D eigenvalue weighted by atomic mass is 10.2. The van der Waals surface area contributed by atoms with Crippen molar-refractivity contribution in [2.45, 2.75) is 77.6 Å². The van der Waals surface area contributed by atoms with Gasteiger partial charge in [-0.2, -0.15) is 13.2 Å². The molecule has 0 saturated carbocycles. The van der Waals surface area contributed by atoms with Gasteiger partial charge in [-0.25, -0.2) is 0 Å². The van der Waals surface area contributed by atoms with Crippen LogP contribution in [0, 0.1) is 41.5 Å². The molecular weight excluding hydrogens is 734 g/mol. The first-order valence-corrected chi connectivity index (χ1v) is 20.3. The highest BCUT2D eigenvalue weighted by molar-refractivity contribution is 7.97. The molecule has 0 unspecified atom stereocenters. The van der Waals surface area contributed by atoms with E-state index in [1.54, 1.807) is 0 Å². The molecule has 0 aromatic heterocycles. The maximum Gasteiger partial charge on any atom is 0.379 e. The van der Waals surface area contributed by atoms with Crippen molar-refractivity contribution in [3.05, 3.63) is 179 Å². The standard InChI is InChI=1S/2C21H21S.CHF3.H2O4S/c2*1-16-4-10-19(11-5-16)22(20-12-6-17(2)7-13-20)21-14-8-18(3)9-15-21;2-1(3)4;1-5(2,3)4/h2*4-15H,1-3H3;1H;(H2,1,2,3,4)/q2*+1;;/p-2. The van der Waals surface area contributed by atoms with E-state index < -0.39 is 17.1 Å². The van der Waals surface area contributed by atoms with Crippen LogP contribution in [-0.4, -0.2) is 24.2 Å². The predicted molar refractivity (Wildman–Crippen MR) is 209 cm³/mol. The topological polar surface area (TPSA) is 80.3 Å². The maximum absolute atomic E-state index is 9.67. The van der Waals surface area contributed by atoms with Gasteiger partial charge in [0.25, 0.3) is 0 Å². The fourth-order valence-corrected chi connectivity index (χ4v) is 8.95. The second-order valence-electron chi connectivity index (χ2n) is 12.1. The van der Waals surface area contributed by atoms with E-state index in [9.17, 15) is 13.2 Å². The lowest BCUT2D eigenvalue weighted by molar-refractivity contribution is 0.00818. The third kappa shape index (κ3) is 15.7. The molecule has 0 bridgehead atoms. The predicted octanol–water partition coefficient (Wildman–Crippen LogP) is 11.3. The summed E-state index contributed by atoms with van der Waals surface area (Å²) in [6.07, 6.45) is 0.